The number of unbranched alkanes of at least 4 members (excludes halogenated alkanes) is 1. The summed E-state index contributed by atoms with van der Waals surface area (Å²) in [4.78, 5) is 0.176. The molecule has 0 bridgehead atoms. The summed E-state index contributed by atoms with van der Waals surface area (Å²) < 4.78 is 32.6. The van der Waals surface area contributed by atoms with Crippen LogP contribution in [0.2, 0.25) is 0 Å². The molecule has 1 aromatic rings. The van der Waals surface area contributed by atoms with Gasteiger partial charge in [-0.3, -0.25) is 0 Å². The normalized spacial score (nSPS) is 13.4. The maximum Gasteiger partial charge on any atom is 0.246 e. The Morgan fingerprint density at radius 3 is 2.52 bits per heavy atom. The number of nitrogen functional groups attached to an aromatic ring is 1. The second-order valence-electron chi connectivity index (χ2n) is 5.14. The van der Waals surface area contributed by atoms with Crippen LogP contribution in [0.25, 0.3) is 0 Å². The fourth-order valence-corrected chi connectivity index (χ4v) is 4.00. The molecule has 0 aliphatic carbocycles. The lowest BCUT2D eigenvalue weighted by Crippen LogP contribution is -2.39. The van der Waals surface area contributed by atoms with Crippen LogP contribution in [0.4, 0.5) is 5.69 Å². The Morgan fingerprint density at radius 2 is 2.00 bits per heavy atom. The number of nitrogens with two attached hydrogens (primary N) is 1. The number of sulfonamides is 1. The van der Waals surface area contributed by atoms with E-state index in [9.17, 15) is 8.42 Å². The van der Waals surface area contributed by atoms with Gasteiger partial charge >= 0.3 is 0 Å². The third kappa shape index (κ3) is 4.11. The first kappa shape index (κ1) is 17.8. The Bertz CT molecular complexity index is 558. The van der Waals surface area contributed by atoms with Crippen molar-refractivity contribution in [3.05, 3.63) is 18.2 Å². The fourth-order valence-electron chi connectivity index (χ4n) is 2.12. The number of methoxy groups -OCH3 is 1. The van der Waals surface area contributed by atoms with Gasteiger partial charge in [-0.15, -0.1) is 0 Å². The van der Waals surface area contributed by atoms with E-state index in [-0.39, 0.29) is 10.9 Å². The summed E-state index contributed by atoms with van der Waals surface area (Å²) in [6.07, 6.45) is 2.54. The summed E-state index contributed by atoms with van der Waals surface area (Å²) in [5.41, 5.74) is 6.18. The zero-order chi connectivity index (χ0) is 16.0. The lowest BCUT2D eigenvalue weighted by molar-refractivity contribution is 0.321. The third-order valence-electron chi connectivity index (χ3n) is 3.59. The number of rotatable bonds is 8. The zero-order valence-electron chi connectivity index (χ0n) is 13.3. The van der Waals surface area contributed by atoms with E-state index in [1.807, 2.05) is 20.8 Å². The van der Waals surface area contributed by atoms with Crippen LogP contribution in [-0.2, 0) is 10.0 Å². The number of nitrogens with zero attached hydrogens (tertiary/aromatic N) is 1. The number of ether oxygens (including phenoxy) is 1. The van der Waals surface area contributed by atoms with Gasteiger partial charge in [0.05, 0.1) is 7.11 Å². The third-order valence-corrected chi connectivity index (χ3v) is 5.64. The Kier molecular flexibility index (Phi) is 6.48. The second kappa shape index (κ2) is 7.66. The number of hydrogen-bond acceptors (Lipinski definition) is 4. The average molecular weight is 314 g/mol. The van der Waals surface area contributed by atoms with Crippen molar-refractivity contribution < 1.29 is 13.2 Å². The van der Waals surface area contributed by atoms with Crippen molar-refractivity contribution in [1.82, 2.24) is 4.31 Å². The molecule has 0 radical (unpaired) electrons. The van der Waals surface area contributed by atoms with Crippen molar-refractivity contribution >= 4 is 15.7 Å². The lowest BCUT2D eigenvalue weighted by Gasteiger charge is -2.28. The molecule has 0 aliphatic rings. The molecule has 0 aliphatic heterocycles. The summed E-state index contributed by atoms with van der Waals surface area (Å²) in [5.74, 6) is 0.291. The van der Waals surface area contributed by atoms with E-state index in [4.69, 9.17) is 10.5 Å². The number of anilines is 1. The van der Waals surface area contributed by atoms with Crippen LogP contribution in [-0.4, -0.2) is 32.4 Å². The Morgan fingerprint density at radius 1 is 1.33 bits per heavy atom. The monoisotopic (exact) mass is 314 g/mol. The van der Waals surface area contributed by atoms with Crippen molar-refractivity contribution in [3.63, 3.8) is 0 Å². The van der Waals surface area contributed by atoms with Gasteiger partial charge in [0.2, 0.25) is 10.0 Å². The summed E-state index contributed by atoms with van der Waals surface area (Å²) in [5, 5.41) is 0. The largest absolute Gasteiger partial charge is 0.495 e. The zero-order valence-corrected chi connectivity index (χ0v) is 14.1. The van der Waals surface area contributed by atoms with E-state index in [1.165, 1.54) is 13.2 Å². The van der Waals surface area contributed by atoms with Crippen LogP contribution < -0.4 is 10.5 Å². The fraction of sp³-hybridized carbons (Fsp3) is 0.600. The van der Waals surface area contributed by atoms with Gasteiger partial charge in [-0.2, -0.15) is 4.31 Å². The highest BCUT2D eigenvalue weighted by Gasteiger charge is 2.30. The van der Waals surface area contributed by atoms with E-state index in [2.05, 4.69) is 0 Å². The molecule has 1 unspecified atom stereocenters. The quantitative estimate of drug-likeness (QED) is 0.749. The highest BCUT2D eigenvalue weighted by molar-refractivity contribution is 7.89. The average Bonchev–Trinajstić information content (AvgIpc) is 2.46. The highest BCUT2D eigenvalue weighted by atomic mass is 32.2. The van der Waals surface area contributed by atoms with Crippen LogP contribution in [0, 0.1) is 0 Å². The number of benzene rings is 1. The van der Waals surface area contributed by atoms with Gasteiger partial charge in [0.25, 0.3) is 0 Å². The van der Waals surface area contributed by atoms with E-state index >= 15 is 0 Å². The first-order valence-corrected chi connectivity index (χ1v) is 8.77. The van der Waals surface area contributed by atoms with Crippen LogP contribution in [0.1, 0.15) is 40.0 Å². The second-order valence-corrected chi connectivity index (χ2v) is 7.00. The van der Waals surface area contributed by atoms with Crippen molar-refractivity contribution in [1.29, 1.82) is 0 Å². The van der Waals surface area contributed by atoms with Crippen molar-refractivity contribution in [3.8, 4) is 5.75 Å². The van der Waals surface area contributed by atoms with Crippen molar-refractivity contribution in [2.45, 2.75) is 51.0 Å². The van der Waals surface area contributed by atoms with E-state index in [0.717, 1.165) is 19.3 Å². The molecule has 0 fully saturated rings. The van der Waals surface area contributed by atoms with Crippen molar-refractivity contribution in [2.75, 3.05) is 19.4 Å². The van der Waals surface area contributed by atoms with E-state index in [0.29, 0.717) is 18.0 Å². The van der Waals surface area contributed by atoms with E-state index < -0.39 is 10.0 Å². The molecule has 0 heterocycles. The minimum atomic E-state index is -3.59. The molecule has 1 atom stereocenters. The van der Waals surface area contributed by atoms with Crippen molar-refractivity contribution in [2.24, 2.45) is 0 Å². The Balaban J connectivity index is 3.28. The molecule has 0 amide bonds. The van der Waals surface area contributed by atoms with Crippen LogP contribution in [0.15, 0.2) is 23.1 Å². The van der Waals surface area contributed by atoms with E-state index in [1.54, 1.807) is 16.4 Å². The minimum Gasteiger partial charge on any atom is -0.495 e. The molecule has 0 saturated heterocycles. The molecule has 5 nitrogen and oxygen atoms in total. The van der Waals surface area contributed by atoms with Crippen LogP contribution >= 0.6 is 0 Å². The van der Waals surface area contributed by atoms with Gasteiger partial charge in [-0.25, -0.2) is 8.42 Å². The van der Waals surface area contributed by atoms with Gasteiger partial charge in [0, 0.05) is 24.3 Å². The van der Waals surface area contributed by atoms with Gasteiger partial charge in [0.1, 0.15) is 10.6 Å². The lowest BCUT2D eigenvalue weighted by atomic mass is 10.2. The predicted molar refractivity (Wildman–Crippen MR) is 86.0 cm³/mol. The van der Waals surface area contributed by atoms with Crippen LogP contribution in [0.5, 0.6) is 5.75 Å². The summed E-state index contributed by atoms with van der Waals surface area (Å²) in [7, 11) is -2.14. The van der Waals surface area contributed by atoms with Gasteiger partial charge in [0.15, 0.2) is 0 Å². The summed E-state index contributed by atoms with van der Waals surface area (Å²) in [6.45, 7) is 6.48. The molecule has 21 heavy (non-hydrogen) atoms. The van der Waals surface area contributed by atoms with Gasteiger partial charge < -0.3 is 10.5 Å². The molecule has 0 saturated carbocycles. The first-order valence-electron chi connectivity index (χ1n) is 7.33. The van der Waals surface area contributed by atoms with Gasteiger partial charge in [-0.05, 0) is 31.9 Å². The summed E-state index contributed by atoms with van der Waals surface area (Å²) >= 11 is 0. The molecule has 2 N–H and O–H groups in total. The standard InChI is InChI=1S/C15H26N2O3S/c1-5-7-10-17(12(3)6-2)21(18,19)15-9-8-13(16)11-14(15)20-4/h8-9,11-12H,5-7,10,16H2,1-4H3. The molecule has 0 aromatic heterocycles. The molecule has 1 rings (SSSR count). The minimum absolute atomic E-state index is 0.0520. The Labute approximate surface area is 128 Å². The smallest absolute Gasteiger partial charge is 0.246 e. The van der Waals surface area contributed by atoms with Crippen LogP contribution in [0.3, 0.4) is 0 Å². The molecular formula is C15H26N2O3S. The number of hydrogen-bond donors (Lipinski definition) is 1. The Hall–Kier alpha value is -1.27. The SMILES string of the molecule is CCCCN(C(C)CC)S(=O)(=O)c1ccc(N)cc1OC. The predicted octanol–water partition coefficient (Wildman–Crippen LogP) is 2.87. The maximum absolute atomic E-state index is 12.9. The first-order chi connectivity index (χ1) is 9.88. The molecule has 120 valence electrons. The summed E-state index contributed by atoms with van der Waals surface area (Å²) in [6, 6.07) is 4.60. The molecular weight excluding hydrogens is 288 g/mol. The molecule has 6 heteroatoms. The van der Waals surface area contributed by atoms with Gasteiger partial charge in [-0.1, -0.05) is 20.3 Å². The maximum atomic E-state index is 12.9. The molecule has 1 aromatic carbocycles. The topological polar surface area (TPSA) is 72.6 Å². The molecule has 0 spiro atoms. The highest BCUT2D eigenvalue weighted by Crippen LogP contribution is 2.30.